The first-order valence-electron chi connectivity index (χ1n) is 6.46. The number of rotatable bonds is 4. The third kappa shape index (κ3) is 2.95. The van der Waals surface area contributed by atoms with Gasteiger partial charge in [0.1, 0.15) is 0 Å². The fourth-order valence-electron chi connectivity index (χ4n) is 2.25. The van der Waals surface area contributed by atoms with Crippen molar-refractivity contribution in [2.45, 2.75) is 39.5 Å². The zero-order valence-electron chi connectivity index (χ0n) is 11.8. The first-order valence-corrected chi connectivity index (χ1v) is 6.46. The molecule has 98 valence electrons. The summed E-state index contributed by atoms with van der Waals surface area (Å²) in [7, 11) is 0. The van der Waals surface area contributed by atoms with E-state index in [1.165, 1.54) is 0 Å². The molecule has 18 heavy (non-hydrogen) atoms. The van der Waals surface area contributed by atoms with Gasteiger partial charge >= 0.3 is 0 Å². The van der Waals surface area contributed by atoms with Crippen LogP contribution in [0.2, 0.25) is 0 Å². The van der Waals surface area contributed by atoms with Gasteiger partial charge in [-0.15, -0.1) is 0 Å². The Labute approximate surface area is 110 Å². The SMILES string of the molecule is C/C=C/[C@@H](C)c1ccc([C@@H](C)/C=C/C)c(N)c1N. The van der Waals surface area contributed by atoms with Gasteiger partial charge in [-0.1, -0.05) is 50.3 Å². The number of nitrogen functional groups attached to an aromatic ring is 2. The largest absolute Gasteiger partial charge is 0.397 e. The Morgan fingerprint density at radius 2 is 1.17 bits per heavy atom. The van der Waals surface area contributed by atoms with E-state index >= 15 is 0 Å². The lowest BCUT2D eigenvalue weighted by Gasteiger charge is -2.18. The molecule has 1 aromatic rings. The predicted octanol–water partition coefficient (Wildman–Crippen LogP) is 4.21. The van der Waals surface area contributed by atoms with Crippen molar-refractivity contribution in [3.63, 3.8) is 0 Å². The van der Waals surface area contributed by atoms with Crippen LogP contribution in [0.1, 0.15) is 50.7 Å². The van der Waals surface area contributed by atoms with Crippen molar-refractivity contribution in [3.05, 3.63) is 47.6 Å². The van der Waals surface area contributed by atoms with Gasteiger partial charge < -0.3 is 11.5 Å². The third-order valence-corrected chi connectivity index (χ3v) is 3.30. The summed E-state index contributed by atoms with van der Waals surface area (Å²) < 4.78 is 0. The monoisotopic (exact) mass is 244 g/mol. The predicted molar refractivity (Wildman–Crippen MR) is 81.7 cm³/mol. The molecule has 0 aliphatic rings. The highest BCUT2D eigenvalue weighted by Crippen LogP contribution is 2.34. The van der Waals surface area contributed by atoms with Crippen molar-refractivity contribution >= 4 is 11.4 Å². The maximum Gasteiger partial charge on any atom is 0.0589 e. The van der Waals surface area contributed by atoms with Crippen LogP contribution >= 0.6 is 0 Å². The van der Waals surface area contributed by atoms with Crippen LogP contribution in [0.25, 0.3) is 0 Å². The molecule has 4 N–H and O–H groups in total. The molecule has 0 radical (unpaired) electrons. The van der Waals surface area contributed by atoms with Crippen molar-refractivity contribution < 1.29 is 0 Å². The molecule has 1 aromatic carbocycles. The van der Waals surface area contributed by atoms with Crippen LogP contribution < -0.4 is 11.5 Å². The molecule has 0 fully saturated rings. The molecule has 0 unspecified atom stereocenters. The van der Waals surface area contributed by atoms with Gasteiger partial charge in [-0.2, -0.15) is 0 Å². The van der Waals surface area contributed by atoms with E-state index in [1.54, 1.807) is 0 Å². The first kappa shape index (κ1) is 14.4. The summed E-state index contributed by atoms with van der Waals surface area (Å²) in [4.78, 5) is 0. The molecular formula is C16H24N2. The molecule has 0 heterocycles. The second-order valence-corrected chi connectivity index (χ2v) is 4.70. The smallest absolute Gasteiger partial charge is 0.0589 e. The zero-order valence-corrected chi connectivity index (χ0v) is 11.8. The van der Waals surface area contributed by atoms with Crippen molar-refractivity contribution in [2.75, 3.05) is 11.5 Å². The van der Waals surface area contributed by atoms with Crippen molar-refractivity contribution in [3.8, 4) is 0 Å². The van der Waals surface area contributed by atoms with Gasteiger partial charge in [0.15, 0.2) is 0 Å². The minimum Gasteiger partial charge on any atom is -0.397 e. The Bertz CT molecular complexity index is 415. The fourth-order valence-corrected chi connectivity index (χ4v) is 2.25. The summed E-state index contributed by atoms with van der Waals surface area (Å²) in [6.07, 6.45) is 8.33. The van der Waals surface area contributed by atoms with Crippen LogP contribution in [0.5, 0.6) is 0 Å². The summed E-state index contributed by atoms with van der Waals surface area (Å²) in [6.45, 7) is 8.28. The first-order chi connectivity index (χ1) is 8.52. The number of hydrogen-bond acceptors (Lipinski definition) is 2. The van der Waals surface area contributed by atoms with E-state index in [2.05, 4.69) is 38.1 Å². The lowest BCUT2D eigenvalue weighted by Crippen LogP contribution is -2.06. The highest BCUT2D eigenvalue weighted by Gasteiger charge is 2.14. The van der Waals surface area contributed by atoms with Crippen molar-refractivity contribution in [2.24, 2.45) is 0 Å². The van der Waals surface area contributed by atoms with Crippen molar-refractivity contribution in [1.82, 2.24) is 0 Å². The minimum absolute atomic E-state index is 0.295. The molecular weight excluding hydrogens is 220 g/mol. The van der Waals surface area contributed by atoms with Gasteiger partial charge in [0.05, 0.1) is 11.4 Å². The lowest BCUT2D eigenvalue weighted by atomic mass is 9.91. The number of benzene rings is 1. The van der Waals surface area contributed by atoms with Crippen LogP contribution in [0.3, 0.4) is 0 Å². The Morgan fingerprint density at radius 1 is 0.833 bits per heavy atom. The van der Waals surface area contributed by atoms with Gasteiger partial charge in [-0.05, 0) is 25.0 Å². The molecule has 0 saturated heterocycles. The number of allylic oxidation sites excluding steroid dienone is 4. The minimum atomic E-state index is 0.295. The van der Waals surface area contributed by atoms with Crippen LogP contribution in [0.15, 0.2) is 36.4 Å². The standard InChI is InChI=1S/C16H24N2/c1-5-7-11(3)13-9-10-14(12(4)8-6-2)16(18)15(13)17/h5-12H,17-18H2,1-4H3/b7-5+,8-6+/t11-,12+. The number of anilines is 2. The highest BCUT2D eigenvalue weighted by molar-refractivity contribution is 5.73. The molecule has 0 spiro atoms. The van der Waals surface area contributed by atoms with E-state index in [9.17, 15) is 0 Å². The lowest BCUT2D eigenvalue weighted by molar-refractivity contribution is 0.944. The molecule has 2 heteroatoms. The molecule has 2 nitrogen and oxygen atoms in total. The Balaban J connectivity index is 3.20. The van der Waals surface area contributed by atoms with E-state index < -0.39 is 0 Å². The topological polar surface area (TPSA) is 52.0 Å². The maximum absolute atomic E-state index is 6.17. The second-order valence-electron chi connectivity index (χ2n) is 4.70. The molecule has 2 atom stereocenters. The normalized spacial score (nSPS) is 15.3. The second kappa shape index (κ2) is 6.29. The third-order valence-electron chi connectivity index (χ3n) is 3.30. The van der Waals surface area contributed by atoms with E-state index in [0.29, 0.717) is 11.8 Å². The van der Waals surface area contributed by atoms with E-state index in [-0.39, 0.29) is 0 Å². The molecule has 0 aliphatic heterocycles. The molecule has 0 aromatic heterocycles. The van der Waals surface area contributed by atoms with Gasteiger partial charge in [0, 0.05) is 11.8 Å². The van der Waals surface area contributed by atoms with Crippen LogP contribution in [0.4, 0.5) is 11.4 Å². The average Bonchev–Trinajstić information content (AvgIpc) is 2.33. The highest BCUT2D eigenvalue weighted by atomic mass is 14.7. The zero-order chi connectivity index (χ0) is 13.7. The number of nitrogens with two attached hydrogens (primary N) is 2. The summed E-state index contributed by atoms with van der Waals surface area (Å²) in [5.41, 5.74) is 16.0. The van der Waals surface area contributed by atoms with Crippen molar-refractivity contribution in [1.29, 1.82) is 0 Å². The fraction of sp³-hybridized carbons (Fsp3) is 0.375. The maximum atomic E-state index is 6.17. The molecule has 0 aliphatic carbocycles. The molecule has 0 bridgehead atoms. The summed E-state index contributed by atoms with van der Waals surface area (Å²) >= 11 is 0. The Kier molecular flexibility index (Phi) is 5.02. The Morgan fingerprint density at radius 3 is 1.44 bits per heavy atom. The van der Waals surface area contributed by atoms with Gasteiger partial charge in [-0.3, -0.25) is 0 Å². The molecule has 0 saturated carbocycles. The Hall–Kier alpha value is -1.70. The van der Waals surface area contributed by atoms with Crippen LogP contribution in [-0.2, 0) is 0 Å². The quantitative estimate of drug-likeness (QED) is 0.615. The summed E-state index contributed by atoms with van der Waals surface area (Å²) in [5, 5.41) is 0. The number of hydrogen-bond donors (Lipinski definition) is 2. The van der Waals surface area contributed by atoms with Crippen LogP contribution in [0, 0.1) is 0 Å². The molecule has 1 rings (SSSR count). The van der Waals surface area contributed by atoms with Gasteiger partial charge in [-0.25, -0.2) is 0 Å². The summed E-state index contributed by atoms with van der Waals surface area (Å²) in [6, 6.07) is 4.18. The van der Waals surface area contributed by atoms with Crippen LogP contribution in [-0.4, -0.2) is 0 Å². The van der Waals surface area contributed by atoms with Gasteiger partial charge in [0.2, 0.25) is 0 Å². The van der Waals surface area contributed by atoms with E-state index in [1.807, 2.05) is 26.0 Å². The summed E-state index contributed by atoms with van der Waals surface area (Å²) in [5.74, 6) is 0.590. The van der Waals surface area contributed by atoms with E-state index in [0.717, 1.165) is 22.5 Å². The van der Waals surface area contributed by atoms with Gasteiger partial charge in [0.25, 0.3) is 0 Å². The molecule has 0 amide bonds. The van der Waals surface area contributed by atoms with E-state index in [4.69, 9.17) is 11.5 Å². The average molecular weight is 244 g/mol.